The van der Waals surface area contributed by atoms with E-state index < -0.39 is 18.0 Å². The number of nitrogens with zero attached hydrogens (tertiary/aromatic N) is 6. The highest BCUT2D eigenvalue weighted by Crippen LogP contribution is 2.30. The Kier molecular flexibility index (Phi) is 6.17. The Balaban J connectivity index is 1.13. The maximum atomic E-state index is 14.2. The molecule has 0 saturated carbocycles. The summed E-state index contributed by atoms with van der Waals surface area (Å²) in [6.07, 6.45) is 1.53. The van der Waals surface area contributed by atoms with Crippen molar-refractivity contribution in [2.75, 3.05) is 42.2 Å². The quantitative estimate of drug-likeness (QED) is 0.429. The molecule has 5 heterocycles. The summed E-state index contributed by atoms with van der Waals surface area (Å²) in [6, 6.07) is 1.16. The van der Waals surface area contributed by atoms with Crippen molar-refractivity contribution < 1.29 is 23.5 Å². The monoisotopic (exact) mass is 502 g/mol. The molecule has 5 rings (SSSR count). The van der Waals surface area contributed by atoms with E-state index in [1.165, 1.54) is 34.5 Å². The summed E-state index contributed by atoms with van der Waals surface area (Å²) in [4.78, 5) is 53.4. The van der Waals surface area contributed by atoms with Gasteiger partial charge in [0.15, 0.2) is 23.1 Å². The molecule has 13 nitrogen and oxygen atoms in total. The SMILES string of the molecule is Cn1c(=O)cnc2cc(F)c(OCCNC[C@@H]3CN(c4cnc5c(n4)NC(=O)CS5)C(=O)O3)nc21. The zero-order valence-electron chi connectivity index (χ0n) is 18.4. The van der Waals surface area contributed by atoms with E-state index in [0.717, 1.165) is 12.3 Å². The third-order valence-electron chi connectivity index (χ3n) is 5.23. The molecule has 3 aromatic heterocycles. The molecule has 2 aliphatic rings. The Labute approximate surface area is 201 Å². The number of thioether (sulfide) groups is 1. The van der Waals surface area contributed by atoms with Gasteiger partial charge in [0.05, 0.1) is 24.7 Å². The van der Waals surface area contributed by atoms with Crippen molar-refractivity contribution in [3.05, 3.63) is 34.6 Å². The van der Waals surface area contributed by atoms with Gasteiger partial charge in [-0.15, -0.1) is 0 Å². The van der Waals surface area contributed by atoms with Gasteiger partial charge < -0.3 is 20.1 Å². The minimum absolute atomic E-state index is 0.0850. The summed E-state index contributed by atoms with van der Waals surface area (Å²) >= 11 is 1.28. The number of nitrogens with one attached hydrogen (secondary N) is 2. The third kappa shape index (κ3) is 4.72. The highest BCUT2D eigenvalue weighted by atomic mass is 32.2. The number of carbonyl (C=O) groups excluding carboxylic acids is 2. The van der Waals surface area contributed by atoms with E-state index in [1.807, 2.05) is 0 Å². The van der Waals surface area contributed by atoms with Crippen LogP contribution >= 0.6 is 11.8 Å². The maximum absolute atomic E-state index is 14.2. The van der Waals surface area contributed by atoms with E-state index in [0.29, 0.717) is 23.9 Å². The van der Waals surface area contributed by atoms with Crippen LogP contribution in [0.25, 0.3) is 11.2 Å². The molecule has 0 radical (unpaired) electrons. The Morgan fingerprint density at radius 1 is 1.29 bits per heavy atom. The Morgan fingerprint density at radius 3 is 3.00 bits per heavy atom. The number of aryl methyl sites for hydroxylation is 1. The number of rotatable bonds is 7. The van der Waals surface area contributed by atoms with Crippen LogP contribution in [0.4, 0.5) is 20.8 Å². The fourth-order valence-corrected chi connectivity index (χ4v) is 4.20. The number of halogens is 1. The van der Waals surface area contributed by atoms with Gasteiger partial charge in [-0.2, -0.15) is 4.98 Å². The first kappa shape index (κ1) is 22.9. The number of pyridine rings is 1. The van der Waals surface area contributed by atoms with Gasteiger partial charge in [0.2, 0.25) is 5.91 Å². The van der Waals surface area contributed by atoms with Crippen molar-refractivity contribution in [3.63, 3.8) is 0 Å². The van der Waals surface area contributed by atoms with Crippen LogP contribution in [0.1, 0.15) is 0 Å². The lowest BCUT2D eigenvalue weighted by atomic mass is 10.3. The highest BCUT2D eigenvalue weighted by Gasteiger charge is 2.34. The average Bonchev–Trinajstić information content (AvgIpc) is 3.21. The van der Waals surface area contributed by atoms with Crippen LogP contribution in [-0.4, -0.2) is 74.6 Å². The van der Waals surface area contributed by atoms with Crippen LogP contribution in [0, 0.1) is 5.82 Å². The van der Waals surface area contributed by atoms with Crippen molar-refractivity contribution in [2.45, 2.75) is 11.1 Å². The number of ether oxygens (including phenoxy) is 2. The largest absolute Gasteiger partial charge is 0.474 e. The molecule has 2 amide bonds. The fourth-order valence-electron chi connectivity index (χ4n) is 3.50. The van der Waals surface area contributed by atoms with E-state index in [-0.39, 0.29) is 53.2 Å². The van der Waals surface area contributed by atoms with Gasteiger partial charge >= 0.3 is 6.09 Å². The molecule has 35 heavy (non-hydrogen) atoms. The molecule has 15 heteroatoms. The van der Waals surface area contributed by atoms with Gasteiger partial charge in [-0.1, -0.05) is 11.8 Å². The number of hydrogen-bond acceptors (Lipinski definition) is 11. The minimum atomic E-state index is -0.690. The number of fused-ring (bicyclic) bond motifs is 2. The summed E-state index contributed by atoms with van der Waals surface area (Å²) < 4.78 is 26.3. The number of anilines is 2. The predicted molar refractivity (Wildman–Crippen MR) is 122 cm³/mol. The van der Waals surface area contributed by atoms with Gasteiger partial charge in [-0.25, -0.2) is 24.1 Å². The lowest BCUT2D eigenvalue weighted by molar-refractivity contribution is -0.113. The lowest BCUT2D eigenvalue weighted by Gasteiger charge is -2.17. The second kappa shape index (κ2) is 9.42. The number of aromatic nitrogens is 5. The first-order valence-electron chi connectivity index (χ1n) is 10.5. The molecular formula is C20H19FN8O5S. The van der Waals surface area contributed by atoms with Gasteiger partial charge in [0.1, 0.15) is 23.3 Å². The Morgan fingerprint density at radius 2 is 2.14 bits per heavy atom. The van der Waals surface area contributed by atoms with Crippen molar-refractivity contribution in [1.29, 1.82) is 0 Å². The number of hydrogen-bond donors (Lipinski definition) is 2. The van der Waals surface area contributed by atoms with Gasteiger partial charge in [-0.3, -0.25) is 19.1 Å². The van der Waals surface area contributed by atoms with E-state index in [4.69, 9.17) is 9.47 Å². The minimum Gasteiger partial charge on any atom is -0.474 e. The molecule has 182 valence electrons. The van der Waals surface area contributed by atoms with Gasteiger partial charge in [-0.05, 0) is 0 Å². The zero-order valence-corrected chi connectivity index (χ0v) is 19.2. The number of carbonyl (C=O) groups is 2. The molecule has 3 aromatic rings. The topological polar surface area (TPSA) is 153 Å². The van der Waals surface area contributed by atoms with Crippen molar-refractivity contribution in [3.8, 4) is 5.88 Å². The molecule has 2 aliphatic heterocycles. The standard InChI is InChI=1S/C20H19FN8O5S/c1-28-15(31)7-23-12-4-11(21)18(27-17(12)28)33-3-2-22-5-10-8-29(20(32)34-10)13-6-24-19-16(25-13)26-14(30)9-35-19/h4,6-7,10,22H,2-3,5,8-9H2,1H3,(H,25,26,30)/t10-/m1/s1. The molecule has 0 spiro atoms. The molecule has 1 atom stereocenters. The average molecular weight is 502 g/mol. The molecule has 1 fully saturated rings. The van der Waals surface area contributed by atoms with Crippen molar-refractivity contribution in [1.82, 2.24) is 29.8 Å². The van der Waals surface area contributed by atoms with Crippen LogP contribution in [0.2, 0.25) is 0 Å². The van der Waals surface area contributed by atoms with Crippen molar-refractivity contribution in [2.24, 2.45) is 7.05 Å². The van der Waals surface area contributed by atoms with Crippen LogP contribution < -0.4 is 25.8 Å². The first-order chi connectivity index (χ1) is 16.9. The molecule has 0 aromatic carbocycles. The number of amides is 2. The summed E-state index contributed by atoms with van der Waals surface area (Å²) in [5.74, 6) is -0.238. The van der Waals surface area contributed by atoms with Crippen LogP contribution in [0.15, 0.2) is 28.3 Å². The summed E-state index contributed by atoms with van der Waals surface area (Å²) in [6.45, 7) is 0.967. The van der Waals surface area contributed by atoms with Crippen molar-refractivity contribution >= 4 is 46.6 Å². The van der Waals surface area contributed by atoms with E-state index in [2.05, 4.69) is 30.6 Å². The summed E-state index contributed by atoms with van der Waals surface area (Å²) in [5.41, 5.74) is 0.0880. The second-order valence-corrected chi connectivity index (χ2v) is 8.63. The van der Waals surface area contributed by atoms with E-state index >= 15 is 0 Å². The predicted octanol–water partition coefficient (Wildman–Crippen LogP) is 0.296. The smallest absolute Gasteiger partial charge is 0.416 e. The number of cyclic esters (lactones) is 1. The molecule has 1 saturated heterocycles. The summed E-state index contributed by atoms with van der Waals surface area (Å²) in [5, 5.41) is 6.31. The Hall–Kier alpha value is -3.85. The molecule has 0 bridgehead atoms. The van der Waals surface area contributed by atoms with Crippen LogP contribution in [-0.2, 0) is 16.6 Å². The van der Waals surface area contributed by atoms with E-state index in [9.17, 15) is 18.8 Å². The van der Waals surface area contributed by atoms with E-state index in [1.54, 1.807) is 0 Å². The highest BCUT2D eigenvalue weighted by molar-refractivity contribution is 8.00. The van der Waals surface area contributed by atoms with Crippen LogP contribution in [0.3, 0.4) is 0 Å². The lowest BCUT2D eigenvalue weighted by Crippen LogP contribution is -2.33. The Bertz CT molecular complexity index is 1390. The maximum Gasteiger partial charge on any atom is 0.416 e. The summed E-state index contributed by atoms with van der Waals surface area (Å²) in [7, 11) is 1.51. The molecule has 0 unspecified atom stereocenters. The first-order valence-corrected chi connectivity index (χ1v) is 11.5. The third-order valence-corrected chi connectivity index (χ3v) is 6.21. The van der Waals surface area contributed by atoms with Gasteiger partial charge in [0.25, 0.3) is 11.4 Å². The molecule has 2 N–H and O–H groups in total. The molecule has 0 aliphatic carbocycles. The fraction of sp³-hybridized carbons (Fsp3) is 0.350. The van der Waals surface area contributed by atoms with Crippen LogP contribution in [0.5, 0.6) is 5.88 Å². The zero-order chi connectivity index (χ0) is 24.5. The second-order valence-electron chi connectivity index (χ2n) is 7.66. The van der Waals surface area contributed by atoms with Gasteiger partial charge in [0, 0.05) is 26.2 Å². The molecular weight excluding hydrogens is 483 g/mol. The normalized spacial score (nSPS) is 17.3.